The first-order valence-corrected chi connectivity index (χ1v) is 16.2. The van der Waals surface area contributed by atoms with Crippen LogP contribution in [0.1, 0.15) is 61.6 Å². The van der Waals surface area contributed by atoms with Crippen molar-refractivity contribution in [1.29, 1.82) is 0 Å². The molecule has 4 rings (SSSR count). The molecule has 4 atom stereocenters. The lowest BCUT2D eigenvalue weighted by molar-refractivity contribution is -0.0546. The summed E-state index contributed by atoms with van der Waals surface area (Å²) in [5.41, 5.74) is 14.9. The van der Waals surface area contributed by atoms with Gasteiger partial charge in [0.15, 0.2) is 17.7 Å². The third-order valence-corrected chi connectivity index (χ3v) is 17.6. The summed E-state index contributed by atoms with van der Waals surface area (Å²) >= 11 is 0. The third-order valence-electron chi connectivity index (χ3n) is 7.38. The van der Waals surface area contributed by atoms with Gasteiger partial charge in [-0.3, -0.25) is 4.57 Å². The van der Waals surface area contributed by atoms with Crippen molar-refractivity contribution in [2.45, 2.75) is 102 Å². The largest absolute Gasteiger partial charge is 0.414 e. The second-order valence-electron chi connectivity index (χ2n) is 10.8. The van der Waals surface area contributed by atoms with E-state index in [1.807, 2.05) is 4.57 Å². The predicted octanol–water partition coefficient (Wildman–Crippen LogP) is 3.59. The Morgan fingerprint density at radius 3 is 2.15 bits per heavy atom. The van der Waals surface area contributed by atoms with Gasteiger partial charge in [-0.15, -0.1) is 0 Å². The fourth-order valence-electron chi connectivity index (χ4n) is 5.49. The Labute approximate surface area is 204 Å². The van der Waals surface area contributed by atoms with Gasteiger partial charge >= 0.3 is 17.1 Å². The molecule has 190 valence electrons. The van der Waals surface area contributed by atoms with E-state index in [1.54, 1.807) is 6.33 Å². The molecule has 2 saturated heterocycles. The van der Waals surface area contributed by atoms with Crippen LogP contribution in [0.15, 0.2) is 12.7 Å². The van der Waals surface area contributed by atoms with Gasteiger partial charge in [0.2, 0.25) is 0 Å². The van der Waals surface area contributed by atoms with Crippen molar-refractivity contribution in [3.63, 3.8) is 0 Å². The second-order valence-corrected chi connectivity index (χ2v) is 19.6. The molecule has 2 fully saturated rings. The monoisotopic (exact) mass is 508 g/mol. The molecule has 2 aromatic rings. The van der Waals surface area contributed by atoms with Crippen molar-refractivity contribution in [2.75, 3.05) is 12.3 Å². The predicted molar refractivity (Wildman–Crippen MR) is 135 cm³/mol. The molecule has 12 heteroatoms. The number of nitrogens with two attached hydrogens (primary N) is 2. The van der Waals surface area contributed by atoms with Gasteiger partial charge in [0.1, 0.15) is 17.9 Å². The zero-order valence-electron chi connectivity index (χ0n) is 21.6. The highest BCUT2D eigenvalue weighted by molar-refractivity contribution is 6.84. The summed E-state index contributed by atoms with van der Waals surface area (Å²) < 4.78 is 29.5. The van der Waals surface area contributed by atoms with Crippen LogP contribution in [0.5, 0.6) is 0 Å². The number of anilines is 1. The number of fused-ring (bicyclic) bond motifs is 2. The summed E-state index contributed by atoms with van der Waals surface area (Å²) in [6, 6.07) is -0.456. The van der Waals surface area contributed by atoms with E-state index in [4.69, 9.17) is 29.2 Å². The minimum Gasteiger partial charge on any atom is -0.414 e. The molecule has 34 heavy (non-hydrogen) atoms. The molecule has 0 amide bonds. The van der Waals surface area contributed by atoms with E-state index in [0.717, 1.165) is 0 Å². The Kier molecular flexibility index (Phi) is 6.97. The van der Waals surface area contributed by atoms with E-state index < -0.39 is 29.4 Å². The van der Waals surface area contributed by atoms with Crippen LogP contribution in [0, 0.1) is 0 Å². The molecule has 4 N–H and O–H groups in total. The summed E-state index contributed by atoms with van der Waals surface area (Å²) in [7, 11) is -5.42. The molecular weight excluding hydrogens is 468 g/mol. The number of imidazole rings is 1. The normalized spacial score (nSPS) is 29.2. The number of rotatable bonds is 5. The number of hydrogen-bond donors (Lipinski definition) is 2. The number of nitrogens with zero attached hydrogens (tertiary/aromatic N) is 4. The van der Waals surface area contributed by atoms with Crippen molar-refractivity contribution in [2.24, 2.45) is 5.73 Å². The fourth-order valence-corrected chi connectivity index (χ4v) is 16.7. The van der Waals surface area contributed by atoms with Crippen LogP contribution in [0.25, 0.3) is 11.2 Å². The van der Waals surface area contributed by atoms with Crippen molar-refractivity contribution >= 4 is 34.1 Å². The number of aromatic nitrogens is 4. The van der Waals surface area contributed by atoms with Crippen LogP contribution >= 0.6 is 0 Å². The highest BCUT2D eigenvalue weighted by Gasteiger charge is 2.61. The Bertz CT molecular complexity index is 1000. The fraction of sp³-hybridized carbons (Fsp3) is 0.773. The summed E-state index contributed by atoms with van der Waals surface area (Å²) in [5.74, 6) is 0.324. The van der Waals surface area contributed by atoms with Gasteiger partial charge in [0.05, 0.1) is 25.1 Å². The van der Waals surface area contributed by atoms with Gasteiger partial charge in [-0.25, -0.2) is 15.0 Å². The van der Waals surface area contributed by atoms with Crippen LogP contribution in [0.2, 0.25) is 22.2 Å². The van der Waals surface area contributed by atoms with Crippen molar-refractivity contribution < 1.29 is 17.7 Å². The van der Waals surface area contributed by atoms with Crippen molar-refractivity contribution in [3.05, 3.63) is 12.7 Å². The van der Waals surface area contributed by atoms with Crippen LogP contribution in [-0.4, -0.2) is 61.5 Å². The van der Waals surface area contributed by atoms with Gasteiger partial charge in [-0.1, -0.05) is 55.4 Å². The van der Waals surface area contributed by atoms with Gasteiger partial charge in [0.25, 0.3) is 0 Å². The van der Waals surface area contributed by atoms with Gasteiger partial charge in [-0.2, -0.15) is 0 Å². The van der Waals surface area contributed by atoms with Crippen LogP contribution < -0.4 is 11.5 Å². The molecule has 2 aromatic heterocycles. The lowest BCUT2D eigenvalue weighted by atomic mass is 10.1. The second kappa shape index (κ2) is 9.23. The van der Waals surface area contributed by atoms with E-state index >= 15 is 0 Å². The topological polar surface area (TPSA) is 133 Å². The molecule has 0 saturated carbocycles. The van der Waals surface area contributed by atoms with Crippen molar-refractivity contribution in [3.8, 4) is 0 Å². The Balaban J connectivity index is 1.77. The molecule has 10 nitrogen and oxygen atoms in total. The highest BCUT2D eigenvalue weighted by atomic mass is 28.5. The highest BCUT2D eigenvalue weighted by Crippen LogP contribution is 2.48. The van der Waals surface area contributed by atoms with E-state index in [2.05, 4.69) is 70.3 Å². The Hall–Kier alpha value is -1.42. The molecule has 0 aliphatic carbocycles. The molecule has 0 bridgehead atoms. The number of nitrogen functional groups attached to an aromatic ring is 1. The summed E-state index contributed by atoms with van der Waals surface area (Å²) in [5, 5.41) is 0. The molecule has 2 aliphatic heterocycles. The maximum atomic E-state index is 7.25. The molecule has 0 radical (unpaired) electrons. The summed E-state index contributed by atoms with van der Waals surface area (Å²) in [6.07, 6.45) is 1.87. The minimum atomic E-state index is -2.78. The number of hydrogen-bond acceptors (Lipinski definition) is 9. The summed E-state index contributed by atoms with van der Waals surface area (Å²) in [4.78, 5) is 12.8. The average Bonchev–Trinajstić information content (AvgIpc) is 3.29. The van der Waals surface area contributed by atoms with Crippen molar-refractivity contribution in [1.82, 2.24) is 19.5 Å². The van der Waals surface area contributed by atoms with Gasteiger partial charge in [-0.05, 0) is 22.2 Å². The van der Waals surface area contributed by atoms with Crippen LogP contribution in [0.4, 0.5) is 5.82 Å². The molecular formula is C22H40N6O4Si2. The standard InChI is InChI=1S/C22H40N6O4Si2/c1-12(2)33(13(3)4)29-9-16-19(31-34(32-33,14(5)6)15(7)8)17(23)22(30-16)28-11-27-18-20(24)25-10-26-21(18)28/h10-17,19,22H,9,23H2,1-8H3,(H2,24,25,26). The summed E-state index contributed by atoms with van der Waals surface area (Å²) in [6.45, 7) is 18.0. The molecule has 0 aromatic carbocycles. The number of ether oxygens (including phenoxy) is 1. The molecule has 4 unspecified atom stereocenters. The lowest BCUT2D eigenvalue weighted by Gasteiger charge is -2.51. The van der Waals surface area contributed by atoms with Crippen LogP contribution in [-0.2, 0) is 17.7 Å². The minimum absolute atomic E-state index is 0.215. The maximum Gasteiger partial charge on any atom is 0.335 e. The van der Waals surface area contributed by atoms with Gasteiger partial charge in [0, 0.05) is 0 Å². The zero-order valence-corrected chi connectivity index (χ0v) is 23.6. The first kappa shape index (κ1) is 25.7. The van der Waals surface area contributed by atoms with Crippen LogP contribution in [0.3, 0.4) is 0 Å². The smallest absolute Gasteiger partial charge is 0.335 e. The first-order chi connectivity index (χ1) is 15.9. The molecule has 4 heterocycles. The van der Waals surface area contributed by atoms with E-state index in [0.29, 0.717) is 23.6 Å². The quantitative estimate of drug-likeness (QED) is 0.581. The van der Waals surface area contributed by atoms with E-state index in [9.17, 15) is 0 Å². The lowest BCUT2D eigenvalue weighted by Crippen LogP contribution is -2.66. The first-order valence-electron chi connectivity index (χ1n) is 12.3. The molecule has 0 spiro atoms. The van der Waals surface area contributed by atoms with E-state index in [1.165, 1.54) is 6.33 Å². The zero-order chi connectivity index (χ0) is 25.0. The SMILES string of the molecule is CC(C)[Si]1(C(C)C)OCC2OC(n3cnc4c(N)ncnc43)C(N)C2O[Si](C(C)C)(C(C)C)O1. The Morgan fingerprint density at radius 2 is 1.56 bits per heavy atom. The van der Waals surface area contributed by atoms with Gasteiger partial charge < -0.3 is 29.2 Å². The third kappa shape index (κ3) is 3.92. The van der Waals surface area contributed by atoms with E-state index in [-0.39, 0.29) is 34.4 Å². The average molecular weight is 509 g/mol. The molecule has 2 aliphatic rings. The maximum absolute atomic E-state index is 7.25. The Morgan fingerprint density at radius 1 is 0.941 bits per heavy atom.